The number of aromatic nitrogens is 2. The van der Waals surface area contributed by atoms with Crippen LogP contribution in [-0.4, -0.2) is 16.9 Å². The summed E-state index contributed by atoms with van der Waals surface area (Å²) in [6.45, 7) is 5.30. The number of nitrogens with zero attached hydrogens (tertiary/aromatic N) is 2. The van der Waals surface area contributed by atoms with E-state index in [0.29, 0.717) is 6.61 Å². The van der Waals surface area contributed by atoms with Crippen LogP contribution < -0.4 is 15.2 Å². The van der Waals surface area contributed by atoms with Crippen LogP contribution >= 0.6 is 0 Å². The van der Waals surface area contributed by atoms with E-state index in [0.717, 1.165) is 29.2 Å². The number of nitrogens with two attached hydrogens (primary N) is 1. The lowest BCUT2D eigenvalue weighted by Crippen LogP contribution is -2.08. The lowest BCUT2D eigenvalue weighted by Gasteiger charge is -2.14. The second-order valence-corrected chi connectivity index (χ2v) is 4.69. The molecule has 0 saturated carbocycles. The summed E-state index contributed by atoms with van der Waals surface area (Å²) in [6, 6.07) is 5.60. The van der Waals surface area contributed by atoms with E-state index in [1.54, 1.807) is 7.11 Å². The zero-order chi connectivity index (χ0) is 14.5. The van der Waals surface area contributed by atoms with Crippen LogP contribution in [0.2, 0.25) is 0 Å². The van der Waals surface area contributed by atoms with Crippen molar-refractivity contribution in [2.24, 2.45) is 5.73 Å². The molecule has 20 heavy (non-hydrogen) atoms. The minimum Gasteiger partial charge on any atom is -0.497 e. The Morgan fingerprint density at radius 1 is 1.40 bits per heavy atom. The van der Waals surface area contributed by atoms with Gasteiger partial charge in [0, 0.05) is 36.0 Å². The molecule has 2 rings (SSSR count). The maximum absolute atomic E-state index is 5.96. The van der Waals surface area contributed by atoms with Gasteiger partial charge in [-0.3, -0.25) is 4.68 Å². The predicted octanol–water partition coefficient (Wildman–Crippen LogP) is 2.51. The van der Waals surface area contributed by atoms with Gasteiger partial charge in [-0.1, -0.05) is 6.07 Å². The predicted molar refractivity (Wildman–Crippen MR) is 77.8 cm³/mol. The van der Waals surface area contributed by atoms with Crippen molar-refractivity contribution in [3.8, 4) is 11.5 Å². The summed E-state index contributed by atoms with van der Waals surface area (Å²) in [5.41, 5.74) is 7.96. The molecule has 2 N–H and O–H groups in total. The van der Waals surface area contributed by atoms with Crippen LogP contribution in [0, 0.1) is 0 Å². The second-order valence-electron chi connectivity index (χ2n) is 4.69. The molecule has 0 spiro atoms. The van der Waals surface area contributed by atoms with Crippen molar-refractivity contribution < 1.29 is 9.47 Å². The van der Waals surface area contributed by atoms with E-state index in [4.69, 9.17) is 15.2 Å². The van der Waals surface area contributed by atoms with E-state index in [9.17, 15) is 0 Å². The molecule has 108 valence electrons. The summed E-state index contributed by atoms with van der Waals surface area (Å²) in [6.07, 6.45) is 3.79. The third kappa shape index (κ3) is 3.30. The van der Waals surface area contributed by atoms with Gasteiger partial charge in [-0.15, -0.1) is 0 Å². The molecule has 2 aromatic rings. The minimum absolute atomic E-state index is 0.0886. The quantitative estimate of drug-likeness (QED) is 0.880. The highest BCUT2D eigenvalue weighted by atomic mass is 16.5. The Hall–Kier alpha value is -2.01. The standard InChI is InChI=1S/C15H21N3O2/c1-4-18-9-12(8-17-18)10-20-15-7-13(19-3)5-6-14(15)11(2)16/h5-9,11H,4,10,16H2,1-3H3. The van der Waals surface area contributed by atoms with Crippen molar-refractivity contribution in [3.63, 3.8) is 0 Å². The minimum atomic E-state index is -0.0886. The van der Waals surface area contributed by atoms with E-state index in [1.807, 2.05) is 49.1 Å². The van der Waals surface area contributed by atoms with Gasteiger partial charge in [-0.25, -0.2) is 0 Å². The molecule has 1 unspecified atom stereocenters. The van der Waals surface area contributed by atoms with Crippen LogP contribution in [0.4, 0.5) is 0 Å². The summed E-state index contributed by atoms with van der Waals surface area (Å²) in [5.74, 6) is 1.51. The lowest BCUT2D eigenvalue weighted by atomic mass is 10.1. The molecular weight excluding hydrogens is 254 g/mol. The molecule has 1 atom stereocenters. The number of hydrogen-bond acceptors (Lipinski definition) is 4. The zero-order valence-electron chi connectivity index (χ0n) is 12.2. The highest BCUT2D eigenvalue weighted by Crippen LogP contribution is 2.29. The summed E-state index contributed by atoms with van der Waals surface area (Å²) < 4.78 is 13.0. The van der Waals surface area contributed by atoms with Gasteiger partial charge in [0.25, 0.3) is 0 Å². The van der Waals surface area contributed by atoms with Crippen molar-refractivity contribution in [1.29, 1.82) is 0 Å². The molecule has 0 aliphatic rings. The van der Waals surface area contributed by atoms with Crippen molar-refractivity contribution in [3.05, 3.63) is 41.7 Å². The van der Waals surface area contributed by atoms with E-state index >= 15 is 0 Å². The fourth-order valence-electron chi connectivity index (χ4n) is 1.96. The smallest absolute Gasteiger partial charge is 0.128 e. The Morgan fingerprint density at radius 2 is 2.20 bits per heavy atom. The van der Waals surface area contributed by atoms with Crippen molar-refractivity contribution >= 4 is 0 Å². The molecule has 1 aromatic carbocycles. The van der Waals surface area contributed by atoms with Crippen LogP contribution in [0.1, 0.15) is 31.0 Å². The highest BCUT2D eigenvalue weighted by Gasteiger charge is 2.10. The summed E-state index contributed by atoms with van der Waals surface area (Å²) in [7, 11) is 1.63. The summed E-state index contributed by atoms with van der Waals surface area (Å²) in [4.78, 5) is 0. The van der Waals surface area contributed by atoms with Gasteiger partial charge in [-0.05, 0) is 19.9 Å². The average molecular weight is 275 g/mol. The van der Waals surface area contributed by atoms with Gasteiger partial charge in [0.2, 0.25) is 0 Å². The molecule has 5 heteroatoms. The monoisotopic (exact) mass is 275 g/mol. The van der Waals surface area contributed by atoms with Crippen LogP contribution in [-0.2, 0) is 13.2 Å². The van der Waals surface area contributed by atoms with E-state index < -0.39 is 0 Å². The SMILES string of the molecule is CCn1cc(COc2cc(OC)ccc2C(C)N)cn1. The summed E-state index contributed by atoms with van der Waals surface area (Å²) in [5, 5.41) is 4.23. The van der Waals surface area contributed by atoms with Crippen LogP contribution in [0.25, 0.3) is 0 Å². The molecule has 1 aromatic heterocycles. The van der Waals surface area contributed by atoms with Crippen LogP contribution in [0.15, 0.2) is 30.6 Å². The fraction of sp³-hybridized carbons (Fsp3) is 0.400. The summed E-state index contributed by atoms with van der Waals surface area (Å²) >= 11 is 0. The van der Waals surface area contributed by atoms with Gasteiger partial charge in [0.15, 0.2) is 0 Å². The van der Waals surface area contributed by atoms with Crippen molar-refractivity contribution in [2.75, 3.05) is 7.11 Å². The van der Waals surface area contributed by atoms with Crippen molar-refractivity contribution in [1.82, 2.24) is 9.78 Å². The number of ether oxygens (including phenoxy) is 2. The molecule has 0 aliphatic heterocycles. The molecule has 5 nitrogen and oxygen atoms in total. The first-order chi connectivity index (χ1) is 9.63. The number of rotatable bonds is 6. The van der Waals surface area contributed by atoms with Crippen LogP contribution in [0.5, 0.6) is 11.5 Å². The Morgan fingerprint density at radius 3 is 2.80 bits per heavy atom. The topological polar surface area (TPSA) is 62.3 Å². The zero-order valence-corrected chi connectivity index (χ0v) is 12.2. The third-order valence-electron chi connectivity index (χ3n) is 3.12. The number of aryl methyl sites for hydroxylation is 1. The fourth-order valence-corrected chi connectivity index (χ4v) is 1.96. The molecule has 1 heterocycles. The van der Waals surface area contributed by atoms with Gasteiger partial charge in [-0.2, -0.15) is 5.10 Å². The molecule has 0 fully saturated rings. The maximum Gasteiger partial charge on any atom is 0.128 e. The Labute approximate surface area is 119 Å². The first-order valence-electron chi connectivity index (χ1n) is 6.71. The Kier molecular flexibility index (Phi) is 4.63. The van der Waals surface area contributed by atoms with Gasteiger partial charge < -0.3 is 15.2 Å². The molecule has 0 amide bonds. The van der Waals surface area contributed by atoms with Gasteiger partial charge >= 0.3 is 0 Å². The van der Waals surface area contributed by atoms with E-state index in [-0.39, 0.29) is 6.04 Å². The highest BCUT2D eigenvalue weighted by molar-refractivity contribution is 5.42. The molecule has 0 radical (unpaired) electrons. The van der Waals surface area contributed by atoms with Gasteiger partial charge in [0.05, 0.1) is 13.3 Å². The Balaban J connectivity index is 2.14. The largest absolute Gasteiger partial charge is 0.497 e. The second kappa shape index (κ2) is 6.43. The third-order valence-corrected chi connectivity index (χ3v) is 3.12. The normalized spacial score (nSPS) is 12.2. The Bertz CT molecular complexity index is 564. The maximum atomic E-state index is 5.96. The van der Waals surface area contributed by atoms with Gasteiger partial charge in [0.1, 0.15) is 18.1 Å². The number of benzene rings is 1. The molecule has 0 bridgehead atoms. The van der Waals surface area contributed by atoms with Crippen molar-refractivity contribution in [2.45, 2.75) is 33.0 Å². The van der Waals surface area contributed by atoms with E-state index in [1.165, 1.54) is 0 Å². The number of methoxy groups -OCH3 is 1. The first kappa shape index (κ1) is 14.4. The number of hydrogen-bond donors (Lipinski definition) is 1. The van der Waals surface area contributed by atoms with E-state index in [2.05, 4.69) is 5.10 Å². The van der Waals surface area contributed by atoms with Crippen LogP contribution in [0.3, 0.4) is 0 Å². The molecule has 0 saturated heterocycles. The molecule has 0 aliphatic carbocycles. The lowest BCUT2D eigenvalue weighted by molar-refractivity contribution is 0.299. The molecular formula is C15H21N3O2. The first-order valence-corrected chi connectivity index (χ1v) is 6.71. The average Bonchev–Trinajstić information content (AvgIpc) is 2.92.